The second kappa shape index (κ2) is 6.92. The molecule has 0 spiro atoms. The van der Waals surface area contributed by atoms with Gasteiger partial charge in [-0.3, -0.25) is 24.1 Å². The number of rotatable bonds is 5. The molecule has 26 heavy (non-hydrogen) atoms. The van der Waals surface area contributed by atoms with Gasteiger partial charge in [-0.15, -0.1) is 0 Å². The maximum absolute atomic E-state index is 12.4. The highest BCUT2D eigenvalue weighted by atomic mass is 16.2. The van der Waals surface area contributed by atoms with Crippen LogP contribution in [-0.4, -0.2) is 34.9 Å². The third-order valence-electron chi connectivity index (χ3n) is 4.24. The van der Waals surface area contributed by atoms with Crippen molar-refractivity contribution >= 4 is 29.2 Å². The van der Waals surface area contributed by atoms with Crippen molar-refractivity contribution in [1.82, 2.24) is 4.90 Å². The zero-order valence-electron chi connectivity index (χ0n) is 14.5. The van der Waals surface area contributed by atoms with Crippen molar-refractivity contribution in [2.24, 2.45) is 0 Å². The number of hydrogen-bond acceptors (Lipinski definition) is 4. The van der Waals surface area contributed by atoms with Gasteiger partial charge in [0.15, 0.2) is 5.78 Å². The van der Waals surface area contributed by atoms with E-state index in [-0.39, 0.29) is 36.5 Å². The van der Waals surface area contributed by atoms with Gasteiger partial charge in [-0.05, 0) is 38.1 Å². The van der Waals surface area contributed by atoms with Crippen LogP contribution in [-0.2, 0) is 4.79 Å². The van der Waals surface area contributed by atoms with E-state index in [4.69, 9.17) is 0 Å². The quantitative estimate of drug-likeness (QED) is 0.664. The van der Waals surface area contributed by atoms with Gasteiger partial charge in [0.2, 0.25) is 5.91 Å². The van der Waals surface area contributed by atoms with Crippen LogP contribution in [0.1, 0.15) is 50.0 Å². The first-order chi connectivity index (χ1) is 12.4. The molecule has 132 valence electrons. The minimum absolute atomic E-state index is 0.00360. The van der Waals surface area contributed by atoms with Crippen molar-refractivity contribution in [3.8, 4) is 0 Å². The first-order valence-electron chi connectivity index (χ1n) is 8.24. The molecule has 1 heterocycles. The van der Waals surface area contributed by atoms with E-state index in [0.717, 1.165) is 10.5 Å². The van der Waals surface area contributed by atoms with Crippen LogP contribution in [0.5, 0.6) is 0 Å². The molecule has 0 saturated carbocycles. The molecular weight excluding hydrogens is 332 g/mol. The standard InChI is InChI=1S/C20H18N2O4/c1-12-6-7-16-17(10-12)20(26)22(19(16)25)9-8-18(24)21-15-5-3-4-14(11-15)13(2)23/h3-7,10-11H,8-9H2,1-2H3,(H,21,24). The molecule has 3 amide bonds. The summed E-state index contributed by atoms with van der Waals surface area (Å²) in [6.45, 7) is 3.30. The van der Waals surface area contributed by atoms with E-state index in [2.05, 4.69) is 5.32 Å². The molecule has 0 radical (unpaired) electrons. The Kier molecular flexibility index (Phi) is 4.67. The summed E-state index contributed by atoms with van der Waals surface area (Å²) >= 11 is 0. The molecule has 0 aliphatic carbocycles. The molecule has 0 unspecified atom stereocenters. The first kappa shape index (κ1) is 17.5. The molecule has 1 N–H and O–H groups in total. The van der Waals surface area contributed by atoms with Crippen LogP contribution < -0.4 is 5.32 Å². The number of imide groups is 1. The van der Waals surface area contributed by atoms with Gasteiger partial charge < -0.3 is 5.32 Å². The number of aryl methyl sites for hydroxylation is 1. The van der Waals surface area contributed by atoms with E-state index in [1.807, 2.05) is 6.92 Å². The topological polar surface area (TPSA) is 83.6 Å². The normalized spacial score (nSPS) is 12.9. The largest absolute Gasteiger partial charge is 0.326 e. The van der Waals surface area contributed by atoms with Crippen LogP contribution in [0.15, 0.2) is 42.5 Å². The Bertz CT molecular complexity index is 933. The number of carbonyl (C=O) groups is 4. The second-order valence-corrected chi connectivity index (χ2v) is 6.25. The summed E-state index contributed by atoms with van der Waals surface area (Å²) < 4.78 is 0. The zero-order valence-corrected chi connectivity index (χ0v) is 14.5. The van der Waals surface area contributed by atoms with E-state index in [1.54, 1.807) is 42.5 Å². The Morgan fingerprint density at radius 1 is 1.00 bits per heavy atom. The van der Waals surface area contributed by atoms with Crippen LogP contribution in [0, 0.1) is 6.92 Å². The van der Waals surface area contributed by atoms with Gasteiger partial charge in [-0.25, -0.2) is 0 Å². The van der Waals surface area contributed by atoms with Gasteiger partial charge in [-0.1, -0.05) is 23.8 Å². The SMILES string of the molecule is CC(=O)c1cccc(NC(=O)CCN2C(=O)c3ccc(C)cc3C2=O)c1. The number of Topliss-reactive ketones (excluding diaryl/α,β-unsaturated/α-hetero) is 1. The number of nitrogens with one attached hydrogen (secondary N) is 1. The van der Waals surface area contributed by atoms with Crippen molar-refractivity contribution < 1.29 is 19.2 Å². The minimum atomic E-state index is -0.378. The number of carbonyl (C=O) groups excluding carboxylic acids is 4. The highest BCUT2D eigenvalue weighted by Gasteiger charge is 2.35. The zero-order chi connectivity index (χ0) is 18.8. The first-order valence-corrected chi connectivity index (χ1v) is 8.24. The Morgan fingerprint density at radius 2 is 1.73 bits per heavy atom. The predicted octanol–water partition coefficient (Wildman–Crippen LogP) is 2.82. The fourth-order valence-corrected chi connectivity index (χ4v) is 2.86. The second-order valence-electron chi connectivity index (χ2n) is 6.25. The number of hydrogen-bond donors (Lipinski definition) is 1. The fourth-order valence-electron chi connectivity index (χ4n) is 2.86. The van der Waals surface area contributed by atoms with Crippen LogP contribution >= 0.6 is 0 Å². The third-order valence-corrected chi connectivity index (χ3v) is 4.24. The molecule has 3 rings (SSSR count). The van der Waals surface area contributed by atoms with E-state index >= 15 is 0 Å². The lowest BCUT2D eigenvalue weighted by molar-refractivity contribution is -0.116. The highest BCUT2D eigenvalue weighted by molar-refractivity contribution is 6.21. The summed E-state index contributed by atoms with van der Waals surface area (Å²) in [5, 5.41) is 2.68. The van der Waals surface area contributed by atoms with Crippen LogP contribution in [0.25, 0.3) is 0 Å². The van der Waals surface area contributed by atoms with Crippen LogP contribution in [0.2, 0.25) is 0 Å². The van der Waals surface area contributed by atoms with Crippen molar-refractivity contribution in [2.75, 3.05) is 11.9 Å². The molecular formula is C20H18N2O4. The average Bonchev–Trinajstić information content (AvgIpc) is 2.83. The molecule has 0 aromatic heterocycles. The average molecular weight is 350 g/mol. The number of nitrogens with zero attached hydrogens (tertiary/aromatic N) is 1. The molecule has 0 saturated heterocycles. The summed E-state index contributed by atoms with van der Waals surface area (Å²) in [6.07, 6.45) is -0.0191. The number of anilines is 1. The molecule has 6 heteroatoms. The Morgan fingerprint density at radius 3 is 2.46 bits per heavy atom. The maximum atomic E-state index is 12.4. The van der Waals surface area contributed by atoms with Crippen LogP contribution in [0.4, 0.5) is 5.69 Å². The Hall–Kier alpha value is -3.28. The Labute approximate surface area is 150 Å². The smallest absolute Gasteiger partial charge is 0.261 e. The summed E-state index contributed by atoms with van der Waals surface area (Å²) in [7, 11) is 0. The highest BCUT2D eigenvalue weighted by Crippen LogP contribution is 2.24. The summed E-state index contributed by atoms with van der Waals surface area (Å²) in [5.74, 6) is -1.18. The molecule has 0 bridgehead atoms. The lowest BCUT2D eigenvalue weighted by Gasteiger charge is -2.13. The summed E-state index contributed by atoms with van der Waals surface area (Å²) in [5.41, 5.74) is 2.65. The lowest BCUT2D eigenvalue weighted by Crippen LogP contribution is -2.32. The Balaban J connectivity index is 1.64. The number of ketones is 1. The predicted molar refractivity (Wildman–Crippen MR) is 96.2 cm³/mol. The summed E-state index contributed by atoms with van der Waals surface area (Å²) in [4.78, 5) is 49.4. The molecule has 2 aromatic carbocycles. The van der Waals surface area contributed by atoms with Gasteiger partial charge in [-0.2, -0.15) is 0 Å². The van der Waals surface area contributed by atoms with Crippen molar-refractivity contribution in [3.05, 3.63) is 64.7 Å². The van der Waals surface area contributed by atoms with Crippen molar-refractivity contribution in [1.29, 1.82) is 0 Å². The fraction of sp³-hybridized carbons (Fsp3) is 0.200. The molecule has 1 aliphatic rings. The lowest BCUT2D eigenvalue weighted by atomic mass is 10.1. The molecule has 0 fully saturated rings. The van der Waals surface area contributed by atoms with Crippen molar-refractivity contribution in [3.63, 3.8) is 0 Å². The van der Waals surface area contributed by atoms with Crippen LogP contribution in [0.3, 0.4) is 0 Å². The van der Waals surface area contributed by atoms with Gasteiger partial charge >= 0.3 is 0 Å². The number of fused-ring (bicyclic) bond motifs is 1. The van der Waals surface area contributed by atoms with Gasteiger partial charge in [0.05, 0.1) is 11.1 Å². The van der Waals surface area contributed by atoms with Crippen molar-refractivity contribution in [2.45, 2.75) is 20.3 Å². The monoisotopic (exact) mass is 350 g/mol. The van der Waals surface area contributed by atoms with E-state index in [9.17, 15) is 19.2 Å². The molecule has 1 aliphatic heterocycles. The van der Waals surface area contributed by atoms with E-state index < -0.39 is 0 Å². The number of amides is 3. The van der Waals surface area contributed by atoms with E-state index in [1.165, 1.54) is 6.92 Å². The molecule has 2 aromatic rings. The van der Waals surface area contributed by atoms with E-state index in [0.29, 0.717) is 22.4 Å². The number of benzene rings is 2. The third kappa shape index (κ3) is 3.39. The minimum Gasteiger partial charge on any atom is -0.326 e. The molecule has 6 nitrogen and oxygen atoms in total. The molecule has 0 atom stereocenters. The van der Waals surface area contributed by atoms with Gasteiger partial charge in [0.25, 0.3) is 11.8 Å². The maximum Gasteiger partial charge on any atom is 0.261 e. The van der Waals surface area contributed by atoms with Gasteiger partial charge in [0, 0.05) is 24.2 Å². The van der Waals surface area contributed by atoms with Gasteiger partial charge in [0.1, 0.15) is 0 Å². The summed E-state index contributed by atoms with van der Waals surface area (Å²) in [6, 6.07) is 11.7.